The van der Waals surface area contributed by atoms with Crippen LogP contribution in [0.2, 0.25) is 0 Å². The van der Waals surface area contributed by atoms with E-state index >= 15 is 0 Å². The lowest BCUT2D eigenvalue weighted by atomic mass is 10.2. The molecule has 1 saturated heterocycles. The van der Waals surface area contributed by atoms with Gasteiger partial charge in [-0.1, -0.05) is 11.8 Å². The number of hydrogen-bond acceptors (Lipinski definition) is 6. The van der Waals surface area contributed by atoms with E-state index in [-0.39, 0.29) is 0 Å². The zero-order chi connectivity index (χ0) is 11.5. The van der Waals surface area contributed by atoms with Crippen molar-refractivity contribution in [2.24, 2.45) is 5.84 Å². The summed E-state index contributed by atoms with van der Waals surface area (Å²) in [6, 6.07) is 2.46. The van der Waals surface area contributed by atoms with E-state index in [1.54, 1.807) is 0 Å². The van der Waals surface area contributed by atoms with Gasteiger partial charge in [0, 0.05) is 18.7 Å². The van der Waals surface area contributed by atoms with E-state index in [0.717, 1.165) is 17.5 Å². The van der Waals surface area contributed by atoms with Crippen molar-refractivity contribution >= 4 is 23.4 Å². The molecule has 88 valence electrons. The Labute approximate surface area is 99.8 Å². The SMILES string of the molecule is CSc1nc(NN)cc(N2CCCC2C)n1. The Hall–Kier alpha value is -1.01. The first-order chi connectivity index (χ1) is 7.74. The molecule has 2 rings (SSSR count). The maximum Gasteiger partial charge on any atom is 0.191 e. The summed E-state index contributed by atoms with van der Waals surface area (Å²) in [6.45, 7) is 3.29. The molecule has 1 aromatic heterocycles. The van der Waals surface area contributed by atoms with Crippen LogP contribution in [0.3, 0.4) is 0 Å². The predicted molar refractivity (Wildman–Crippen MR) is 67.7 cm³/mol. The number of nitrogen functional groups attached to an aromatic ring is 1. The van der Waals surface area contributed by atoms with E-state index in [9.17, 15) is 0 Å². The summed E-state index contributed by atoms with van der Waals surface area (Å²) in [4.78, 5) is 11.1. The summed E-state index contributed by atoms with van der Waals surface area (Å²) in [5.41, 5.74) is 2.59. The third-order valence-corrected chi connectivity index (χ3v) is 3.42. The fourth-order valence-electron chi connectivity index (χ4n) is 2.00. The van der Waals surface area contributed by atoms with Gasteiger partial charge in [-0.15, -0.1) is 0 Å². The van der Waals surface area contributed by atoms with Crippen molar-refractivity contribution in [3.63, 3.8) is 0 Å². The van der Waals surface area contributed by atoms with Gasteiger partial charge in [0.2, 0.25) is 0 Å². The average molecular weight is 239 g/mol. The van der Waals surface area contributed by atoms with Gasteiger partial charge < -0.3 is 10.3 Å². The van der Waals surface area contributed by atoms with Crippen LogP contribution >= 0.6 is 11.8 Å². The highest BCUT2D eigenvalue weighted by molar-refractivity contribution is 7.98. The highest BCUT2D eigenvalue weighted by atomic mass is 32.2. The van der Waals surface area contributed by atoms with Gasteiger partial charge in [-0.05, 0) is 26.0 Å². The summed E-state index contributed by atoms with van der Waals surface area (Å²) >= 11 is 1.53. The Kier molecular flexibility index (Phi) is 3.50. The van der Waals surface area contributed by atoms with Gasteiger partial charge in [0.25, 0.3) is 0 Å². The molecule has 0 amide bonds. The predicted octanol–water partition coefficient (Wildman–Crippen LogP) is 1.47. The third kappa shape index (κ3) is 2.22. The number of anilines is 2. The molecule has 2 heterocycles. The zero-order valence-corrected chi connectivity index (χ0v) is 10.4. The van der Waals surface area contributed by atoms with Crippen LogP contribution in [0.5, 0.6) is 0 Å². The lowest BCUT2D eigenvalue weighted by Crippen LogP contribution is -2.27. The highest BCUT2D eigenvalue weighted by Gasteiger charge is 2.22. The summed E-state index contributed by atoms with van der Waals surface area (Å²) < 4.78 is 0. The van der Waals surface area contributed by atoms with Gasteiger partial charge in [0.05, 0.1) is 0 Å². The molecule has 0 aromatic carbocycles. The third-order valence-electron chi connectivity index (χ3n) is 2.87. The summed E-state index contributed by atoms with van der Waals surface area (Å²) in [6.07, 6.45) is 4.42. The smallest absolute Gasteiger partial charge is 0.191 e. The average Bonchev–Trinajstić information content (AvgIpc) is 2.74. The molecule has 1 aliphatic heterocycles. The second-order valence-corrected chi connectivity index (χ2v) is 4.70. The van der Waals surface area contributed by atoms with Crippen molar-refractivity contribution in [1.29, 1.82) is 0 Å². The molecule has 5 nitrogen and oxygen atoms in total. The number of hydrogen-bond donors (Lipinski definition) is 2. The minimum atomic E-state index is 0.551. The fraction of sp³-hybridized carbons (Fsp3) is 0.600. The topological polar surface area (TPSA) is 67.1 Å². The van der Waals surface area contributed by atoms with Crippen LogP contribution in [-0.4, -0.2) is 28.8 Å². The number of rotatable bonds is 3. The molecule has 1 atom stereocenters. The Morgan fingerprint density at radius 1 is 1.56 bits per heavy atom. The first kappa shape index (κ1) is 11.5. The molecule has 16 heavy (non-hydrogen) atoms. The van der Waals surface area contributed by atoms with E-state index < -0.39 is 0 Å². The number of hydrazine groups is 1. The monoisotopic (exact) mass is 239 g/mol. The highest BCUT2D eigenvalue weighted by Crippen LogP contribution is 2.26. The lowest BCUT2D eigenvalue weighted by Gasteiger charge is -2.23. The van der Waals surface area contributed by atoms with Crippen molar-refractivity contribution in [2.45, 2.75) is 31.0 Å². The number of nitrogens with zero attached hydrogens (tertiary/aromatic N) is 3. The van der Waals surface area contributed by atoms with Crippen LogP contribution in [0.1, 0.15) is 19.8 Å². The molecule has 3 N–H and O–H groups in total. The molecule has 0 spiro atoms. The largest absolute Gasteiger partial charge is 0.354 e. The van der Waals surface area contributed by atoms with Crippen molar-refractivity contribution in [2.75, 3.05) is 23.1 Å². The number of nitrogens with one attached hydrogen (secondary N) is 1. The zero-order valence-electron chi connectivity index (χ0n) is 9.60. The van der Waals surface area contributed by atoms with Gasteiger partial charge in [0.15, 0.2) is 5.16 Å². The van der Waals surface area contributed by atoms with Gasteiger partial charge in [-0.25, -0.2) is 15.8 Å². The van der Waals surface area contributed by atoms with Crippen LogP contribution in [0.25, 0.3) is 0 Å². The minimum Gasteiger partial charge on any atom is -0.354 e. The van der Waals surface area contributed by atoms with Crippen LogP contribution in [0, 0.1) is 0 Å². The van der Waals surface area contributed by atoms with Crippen LogP contribution in [-0.2, 0) is 0 Å². The molecule has 1 unspecified atom stereocenters. The quantitative estimate of drug-likeness (QED) is 0.360. The summed E-state index contributed by atoms with van der Waals surface area (Å²) in [7, 11) is 0. The first-order valence-corrected chi connectivity index (χ1v) is 6.63. The first-order valence-electron chi connectivity index (χ1n) is 5.41. The fourth-order valence-corrected chi connectivity index (χ4v) is 2.37. The Bertz CT molecular complexity index is 348. The number of thioether (sulfide) groups is 1. The van der Waals surface area contributed by atoms with Gasteiger partial charge in [0.1, 0.15) is 11.6 Å². The van der Waals surface area contributed by atoms with Crippen molar-refractivity contribution in [1.82, 2.24) is 9.97 Å². The molecular formula is C10H17N5S. The molecule has 0 saturated carbocycles. The Morgan fingerprint density at radius 3 is 2.94 bits per heavy atom. The molecule has 1 aromatic rings. The summed E-state index contributed by atoms with van der Waals surface area (Å²) in [5, 5.41) is 0.754. The molecule has 1 aliphatic rings. The molecule has 6 heteroatoms. The second kappa shape index (κ2) is 4.88. The normalized spacial score (nSPS) is 20.2. The standard InChI is InChI=1S/C10H17N5S/c1-7-4-3-5-15(7)9-6-8(14-11)12-10(13-9)16-2/h6-7H,3-5,11H2,1-2H3,(H,12,13,14). The second-order valence-electron chi connectivity index (χ2n) is 3.93. The Balaban J connectivity index is 2.31. The van der Waals surface area contributed by atoms with Crippen molar-refractivity contribution in [3.8, 4) is 0 Å². The molecule has 0 bridgehead atoms. The Morgan fingerprint density at radius 2 is 2.38 bits per heavy atom. The maximum atomic E-state index is 5.41. The minimum absolute atomic E-state index is 0.551. The van der Waals surface area contributed by atoms with Crippen molar-refractivity contribution in [3.05, 3.63) is 6.07 Å². The van der Waals surface area contributed by atoms with Gasteiger partial charge >= 0.3 is 0 Å². The van der Waals surface area contributed by atoms with Gasteiger partial charge in [-0.2, -0.15) is 0 Å². The van der Waals surface area contributed by atoms with E-state index in [4.69, 9.17) is 5.84 Å². The molecule has 1 fully saturated rings. The molecule has 0 aliphatic carbocycles. The van der Waals surface area contributed by atoms with Gasteiger partial charge in [-0.3, -0.25) is 0 Å². The number of aromatic nitrogens is 2. The van der Waals surface area contributed by atoms with Crippen LogP contribution in [0.4, 0.5) is 11.6 Å². The van der Waals surface area contributed by atoms with E-state index in [0.29, 0.717) is 11.9 Å². The lowest BCUT2D eigenvalue weighted by molar-refractivity contribution is 0.720. The van der Waals surface area contributed by atoms with E-state index in [2.05, 4.69) is 27.2 Å². The maximum absolute atomic E-state index is 5.41. The van der Waals surface area contributed by atoms with Crippen molar-refractivity contribution < 1.29 is 0 Å². The summed E-state index contributed by atoms with van der Waals surface area (Å²) in [5.74, 6) is 7.05. The van der Waals surface area contributed by atoms with Crippen LogP contribution in [0.15, 0.2) is 11.2 Å². The molecule has 0 radical (unpaired) electrons. The van der Waals surface area contributed by atoms with E-state index in [1.807, 2.05) is 12.3 Å². The van der Waals surface area contributed by atoms with Crippen LogP contribution < -0.4 is 16.2 Å². The van der Waals surface area contributed by atoms with E-state index in [1.165, 1.54) is 24.6 Å². The molecular weight excluding hydrogens is 222 g/mol. The number of nitrogens with two attached hydrogens (primary N) is 1.